The van der Waals surface area contributed by atoms with Gasteiger partial charge in [0.1, 0.15) is 10.9 Å². The van der Waals surface area contributed by atoms with Crippen molar-refractivity contribution >= 4 is 15.9 Å². The lowest BCUT2D eigenvalue weighted by Gasteiger charge is -2.18. The molecule has 1 amide bonds. The number of aryl methyl sites for hydroxylation is 2. The molecule has 0 aliphatic rings. The standard InChI is InChI=1S/C15H20N4O3S/c1-10-14(11(2)19(4)17-10)23(21,22)18-13(15(20)16-3)12-8-6-5-7-9-12/h5-9,13,18H,1-4H3,(H,16,20)/t13-/m1/s1. The Morgan fingerprint density at radius 2 is 1.83 bits per heavy atom. The second-order valence-corrected chi connectivity index (χ2v) is 6.85. The molecular weight excluding hydrogens is 316 g/mol. The monoisotopic (exact) mass is 336 g/mol. The molecule has 8 heteroatoms. The minimum Gasteiger partial charge on any atom is -0.357 e. The first kappa shape index (κ1) is 17.2. The lowest BCUT2D eigenvalue weighted by molar-refractivity contribution is -0.122. The zero-order valence-corrected chi connectivity index (χ0v) is 14.3. The molecule has 1 atom stereocenters. The van der Waals surface area contributed by atoms with Crippen LogP contribution in [0.1, 0.15) is 23.0 Å². The summed E-state index contributed by atoms with van der Waals surface area (Å²) in [6.07, 6.45) is 0. The normalized spacial score (nSPS) is 12.9. The summed E-state index contributed by atoms with van der Waals surface area (Å²) < 4.78 is 29.5. The number of hydrogen-bond donors (Lipinski definition) is 2. The summed E-state index contributed by atoms with van der Waals surface area (Å²) in [5.74, 6) is -0.432. The lowest BCUT2D eigenvalue weighted by atomic mass is 10.1. The molecule has 0 saturated heterocycles. The van der Waals surface area contributed by atoms with Crippen molar-refractivity contribution in [3.63, 3.8) is 0 Å². The van der Waals surface area contributed by atoms with Crippen LogP contribution in [0, 0.1) is 13.8 Å². The fourth-order valence-corrected chi connectivity index (χ4v) is 4.04. The van der Waals surface area contributed by atoms with E-state index in [1.54, 1.807) is 51.2 Å². The number of nitrogens with one attached hydrogen (secondary N) is 2. The Morgan fingerprint density at radius 3 is 2.30 bits per heavy atom. The number of aromatic nitrogens is 2. The van der Waals surface area contributed by atoms with Crippen molar-refractivity contribution in [2.75, 3.05) is 7.05 Å². The van der Waals surface area contributed by atoms with Crippen LogP contribution in [0.25, 0.3) is 0 Å². The highest BCUT2D eigenvalue weighted by Crippen LogP contribution is 2.22. The minimum absolute atomic E-state index is 0.102. The average molecular weight is 336 g/mol. The van der Waals surface area contributed by atoms with Gasteiger partial charge in [-0.2, -0.15) is 9.82 Å². The van der Waals surface area contributed by atoms with E-state index in [1.165, 1.54) is 11.7 Å². The maximum absolute atomic E-state index is 12.7. The minimum atomic E-state index is -3.90. The van der Waals surface area contributed by atoms with E-state index in [1.807, 2.05) is 0 Å². The second-order valence-electron chi connectivity index (χ2n) is 5.20. The Hall–Kier alpha value is -2.19. The summed E-state index contributed by atoms with van der Waals surface area (Å²) in [5.41, 5.74) is 1.47. The van der Waals surface area contributed by atoms with Crippen molar-refractivity contribution in [1.29, 1.82) is 0 Å². The topological polar surface area (TPSA) is 93.1 Å². The number of rotatable bonds is 5. The second kappa shape index (κ2) is 6.51. The molecule has 2 aromatic rings. The van der Waals surface area contributed by atoms with Crippen LogP contribution in [0.3, 0.4) is 0 Å². The van der Waals surface area contributed by atoms with Crippen molar-refractivity contribution in [2.45, 2.75) is 24.8 Å². The molecule has 23 heavy (non-hydrogen) atoms. The Morgan fingerprint density at radius 1 is 1.22 bits per heavy atom. The predicted octanol–water partition coefficient (Wildman–Crippen LogP) is 0.803. The summed E-state index contributed by atoms with van der Waals surface area (Å²) in [5, 5.41) is 6.60. The molecule has 1 heterocycles. The number of likely N-dealkylation sites (N-methyl/N-ethyl adjacent to an activating group) is 1. The third kappa shape index (κ3) is 3.43. The molecule has 2 N–H and O–H groups in total. The first-order valence-electron chi connectivity index (χ1n) is 7.07. The Balaban J connectivity index is 2.45. The number of sulfonamides is 1. The van der Waals surface area contributed by atoms with Crippen LogP contribution in [0.2, 0.25) is 0 Å². The van der Waals surface area contributed by atoms with E-state index in [0.29, 0.717) is 17.0 Å². The van der Waals surface area contributed by atoms with E-state index in [4.69, 9.17) is 0 Å². The van der Waals surface area contributed by atoms with Gasteiger partial charge in [-0.3, -0.25) is 9.48 Å². The van der Waals surface area contributed by atoms with Gasteiger partial charge in [-0.1, -0.05) is 30.3 Å². The molecule has 0 bridgehead atoms. The fraction of sp³-hybridized carbons (Fsp3) is 0.333. The van der Waals surface area contributed by atoms with Crippen LogP contribution in [-0.2, 0) is 21.9 Å². The Labute approximate surface area is 135 Å². The van der Waals surface area contributed by atoms with Crippen LogP contribution in [-0.4, -0.2) is 31.2 Å². The van der Waals surface area contributed by atoms with Gasteiger partial charge in [-0.15, -0.1) is 0 Å². The molecule has 0 aliphatic carbocycles. The molecule has 0 radical (unpaired) electrons. The van der Waals surface area contributed by atoms with E-state index in [9.17, 15) is 13.2 Å². The number of carbonyl (C=O) groups is 1. The maximum atomic E-state index is 12.7. The summed E-state index contributed by atoms with van der Waals surface area (Å²) in [7, 11) is -0.757. The van der Waals surface area contributed by atoms with Gasteiger partial charge >= 0.3 is 0 Å². The van der Waals surface area contributed by atoms with Gasteiger partial charge in [0.05, 0.1) is 11.4 Å². The molecule has 1 aromatic carbocycles. The van der Waals surface area contributed by atoms with Gasteiger partial charge in [-0.05, 0) is 19.4 Å². The predicted molar refractivity (Wildman–Crippen MR) is 86.3 cm³/mol. The van der Waals surface area contributed by atoms with Crippen LogP contribution in [0.4, 0.5) is 0 Å². The zero-order chi connectivity index (χ0) is 17.2. The maximum Gasteiger partial charge on any atom is 0.245 e. The highest BCUT2D eigenvalue weighted by atomic mass is 32.2. The molecule has 1 aromatic heterocycles. The lowest BCUT2D eigenvalue weighted by Crippen LogP contribution is -2.39. The Kier molecular flexibility index (Phi) is 4.86. The summed E-state index contributed by atoms with van der Waals surface area (Å²) >= 11 is 0. The first-order valence-corrected chi connectivity index (χ1v) is 8.55. The molecule has 7 nitrogen and oxygen atoms in total. The molecule has 124 valence electrons. The van der Waals surface area contributed by atoms with Crippen molar-refractivity contribution < 1.29 is 13.2 Å². The molecule has 0 unspecified atom stereocenters. The number of carbonyl (C=O) groups excluding carboxylic acids is 1. The first-order chi connectivity index (χ1) is 10.8. The third-order valence-electron chi connectivity index (χ3n) is 3.63. The fourth-order valence-electron chi connectivity index (χ4n) is 2.42. The van der Waals surface area contributed by atoms with E-state index in [2.05, 4.69) is 15.1 Å². The largest absolute Gasteiger partial charge is 0.357 e. The van der Waals surface area contributed by atoms with E-state index >= 15 is 0 Å². The molecule has 0 aliphatic heterocycles. The Bertz CT molecular complexity index is 813. The van der Waals surface area contributed by atoms with Crippen LogP contribution < -0.4 is 10.0 Å². The molecule has 0 spiro atoms. The van der Waals surface area contributed by atoms with Gasteiger partial charge in [0.25, 0.3) is 0 Å². The third-order valence-corrected chi connectivity index (χ3v) is 5.30. The summed E-state index contributed by atoms with van der Waals surface area (Å²) in [6, 6.07) is 7.69. The number of benzene rings is 1. The van der Waals surface area contributed by atoms with Crippen molar-refractivity contribution in [1.82, 2.24) is 19.8 Å². The molecule has 2 rings (SSSR count). The highest BCUT2D eigenvalue weighted by Gasteiger charge is 2.30. The zero-order valence-electron chi connectivity index (χ0n) is 13.5. The van der Waals surface area contributed by atoms with Crippen LogP contribution in [0.5, 0.6) is 0 Å². The quantitative estimate of drug-likeness (QED) is 0.845. The van der Waals surface area contributed by atoms with Crippen LogP contribution in [0.15, 0.2) is 35.2 Å². The van der Waals surface area contributed by atoms with Gasteiger partial charge in [-0.25, -0.2) is 8.42 Å². The van der Waals surface area contributed by atoms with Crippen molar-refractivity contribution in [3.8, 4) is 0 Å². The van der Waals surface area contributed by atoms with Gasteiger partial charge in [0.2, 0.25) is 15.9 Å². The van der Waals surface area contributed by atoms with Crippen molar-refractivity contribution in [2.24, 2.45) is 7.05 Å². The summed E-state index contributed by atoms with van der Waals surface area (Å²) in [6.45, 7) is 3.30. The van der Waals surface area contributed by atoms with Gasteiger partial charge in [0, 0.05) is 14.1 Å². The highest BCUT2D eigenvalue weighted by molar-refractivity contribution is 7.89. The number of amides is 1. The van der Waals surface area contributed by atoms with E-state index < -0.39 is 22.0 Å². The molecule has 0 saturated carbocycles. The average Bonchev–Trinajstić information content (AvgIpc) is 2.78. The number of nitrogens with zero attached hydrogens (tertiary/aromatic N) is 2. The van der Waals surface area contributed by atoms with Crippen LogP contribution >= 0.6 is 0 Å². The smallest absolute Gasteiger partial charge is 0.245 e. The number of hydrogen-bond acceptors (Lipinski definition) is 4. The SMILES string of the molecule is CNC(=O)[C@H](NS(=O)(=O)c1c(C)nn(C)c1C)c1ccccc1. The van der Waals surface area contributed by atoms with E-state index in [0.717, 1.165) is 0 Å². The summed E-state index contributed by atoms with van der Waals surface area (Å²) in [4.78, 5) is 12.2. The van der Waals surface area contributed by atoms with Crippen molar-refractivity contribution in [3.05, 3.63) is 47.3 Å². The van der Waals surface area contributed by atoms with Gasteiger partial charge in [0.15, 0.2) is 0 Å². The van der Waals surface area contributed by atoms with E-state index in [-0.39, 0.29) is 4.90 Å². The van der Waals surface area contributed by atoms with Gasteiger partial charge < -0.3 is 5.32 Å². The molecular formula is C15H20N4O3S. The molecule has 0 fully saturated rings.